The van der Waals surface area contributed by atoms with Crippen LogP contribution >= 0.6 is 22.9 Å². The molecule has 0 bridgehead atoms. The summed E-state index contributed by atoms with van der Waals surface area (Å²) in [7, 11) is 0. The Hall–Kier alpha value is -3.83. The molecule has 50 heavy (non-hydrogen) atoms. The number of likely N-dealkylation sites (tertiary alicyclic amines) is 1. The van der Waals surface area contributed by atoms with E-state index in [1.54, 1.807) is 11.0 Å². The number of carbonyl (C=O) groups excluding carboxylic acids is 1. The first-order valence-corrected chi connectivity index (χ1v) is 18.4. The van der Waals surface area contributed by atoms with Gasteiger partial charge in [-0.05, 0) is 76.2 Å². The van der Waals surface area contributed by atoms with Crippen molar-refractivity contribution in [2.45, 2.75) is 63.5 Å². The minimum absolute atomic E-state index is 0.00796. The Morgan fingerprint density at radius 1 is 1.14 bits per heavy atom. The van der Waals surface area contributed by atoms with Crippen molar-refractivity contribution in [2.75, 3.05) is 56.5 Å². The number of nitrogen functional groups attached to an aromatic ring is 1. The van der Waals surface area contributed by atoms with Gasteiger partial charge in [-0.15, -0.1) is 11.3 Å². The summed E-state index contributed by atoms with van der Waals surface area (Å²) in [4.78, 5) is 28.5. The van der Waals surface area contributed by atoms with Crippen molar-refractivity contribution in [2.24, 2.45) is 5.41 Å². The van der Waals surface area contributed by atoms with Crippen LogP contribution in [0.5, 0.6) is 6.01 Å². The molecule has 14 heteroatoms. The Bertz CT molecular complexity index is 2070. The van der Waals surface area contributed by atoms with Crippen LogP contribution in [0.4, 0.5) is 19.6 Å². The number of thiophene rings is 1. The number of fused-ring (bicyclic) bond motifs is 3. The lowest BCUT2D eigenvalue weighted by Crippen LogP contribution is -2.63. The van der Waals surface area contributed by atoms with Gasteiger partial charge < -0.3 is 25.4 Å². The first-order valence-electron chi connectivity index (χ1n) is 17.2. The minimum atomic E-state index is -1.06. The van der Waals surface area contributed by atoms with E-state index in [0.29, 0.717) is 44.0 Å². The number of hydrogen-bond acceptors (Lipinski definition) is 10. The van der Waals surface area contributed by atoms with Crippen LogP contribution in [0.2, 0.25) is 5.02 Å². The summed E-state index contributed by atoms with van der Waals surface area (Å²) >= 11 is 7.87. The molecule has 4 aliphatic heterocycles. The summed E-state index contributed by atoms with van der Waals surface area (Å²) in [5.41, 5.74) is 6.12. The lowest BCUT2D eigenvalue weighted by Gasteiger charge is -2.51. The van der Waals surface area contributed by atoms with Crippen molar-refractivity contribution in [3.63, 3.8) is 0 Å². The van der Waals surface area contributed by atoms with E-state index in [-0.39, 0.29) is 65.2 Å². The number of halogens is 3. The Balaban J connectivity index is 1.25. The third-order valence-electron chi connectivity index (χ3n) is 11.3. The van der Waals surface area contributed by atoms with Gasteiger partial charge in [0, 0.05) is 47.9 Å². The van der Waals surface area contributed by atoms with E-state index in [0.717, 1.165) is 69.4 Å². The summed E-state index contributed by atoms with van der Waals surface area (Å²) in [5.74, 6) is -1.09. The number of carbonyl (C=O) groups is 1. The highest BCUT2D eigenvalue weighted by atomic mass is 35.5. The summed E-state index contributed by atoms with van der Waals surface area (Å²) in [6, 6.07) is 6.40. The number of ether oxygens (including phenoxy) is 1. The Kier molecular flexibility index (Phi) is 8.29. The Morgan fingerprint density at radius 3 is 2.62 bits per heavy atom. The number of hydrogen-bond donors (Lipinski definition) is 2. The first kappa shape index (κ1) is 33.3. The van der Waals surface area contributed by atoms with Gasteiger partial charge >= 0.3 is 6.01 Å². The second-order valence-electron chi connectivity index (χ2n) is 14.5. The number of amides is 1. The molecule has 1 spiro atoms. The van der Waals surface area contributed by atoms with Gasteiger partial charge in [0.15, 0.2) is 5.82 Å². The number of aliphatic hydroxyl groups is 1. The number of anilines is 2. The molecule has 10 nitrogen and oxygen atoms in total. The van der Waals surface area contributed by atoms with E-state index in [2.05, 4.69) is 20.9 Å². The van der Waals surface area contributed by atoms with Gasteiger partial charge in [0.2, 0.25) is 0 Å². The van der Waals surface area contributed by atoms with Crippen LogP contribution < -0.4 is 15.4 Å². The molecule has 0 aliphatic carbocycles. The standard InChI is InChI=1S/C36H38ClF2N7O3S/c1-20(47)33(48)45-17-35(18-45)8-2-3-11-44(16-35)32-22-14-24(37)27(21-6-7-25(38)30-26(21)23(15-40)31(41)50-30)28(39)29(22)42-34(43-32)49-19-36-9-4-12-46(36)13-5-10-36/h6-7,14,20,47H,2-5,8-13,16-19,41H2,1H3. The zero-order chi connectivity index (χ0) is 34.9. The third kappa shape index (κ3) is 5.34. The fraction of sp³-hybridized carbons (Fsp3) is 0.500. The fourth-order valence-corrected chi connectivity index (χ4v) is 10.1. The highest BCUT2D eigenvalue weighted by Crippen LogP contribution is 2.47. The van der Waals surface area contributed by atoms with E-state index in [1.165, 1.54) is 19.1 Å². The van der Waals surface area contributed by atoms with Gasteiger partial charge in [-0.2, -0.15) is 15.2 Å². The van der Waals surface area contributed by atoms with Crippen molar-refractivity contribution in [3.05, 3.63) is 40.4 Å². The van der Waals surface area contributed by atoms with Gasteiger partial charge in [-0.1, -0.05) is 24.1 Å². The van der Waals surface area contributed by atoms with Crippen molar-refractivity contribution < 1.29 is 23.4 Å². The largest absolute Gasteiger partial charge is 0.461 e. The molecule has 1 atom stereocenters. The lowest BCUT2D eigenvalue weighted by molar-refractivity contribution is -0.151. The maximum Gasteiger partial charge on any atom is 0.319 e. The maximum atomic E-state index is 17.2. The van der Waals surface area contributed by atoms with Crippen LogP contribution in [0, 0.1) is 28.4 Å². The minimum Gasteiger partial charge on any atom is -0.461 e. The molecule has 2 aromatic carbocycles. The molecule has 4 fully saturated rings. The zero-order valence-electron chi connectivity index (χ0n) is 27.8. The molecule has 3 N–H and O–H groups in total. The van der Waals surface area contributed by atoms with Gasteiger partial charge in [0.05, 0.1) is 20.8 Å². The van der Waals surface area contributed by atoms with Crippen LogP contribution in [0.1, 0.15) is 57.4 Å². The molecule has 8 rings (SSSR count). The van der Waals surface area contributed by atoms with Crippen molar-refractivity contribution >= 4 is 60.7 Å². The van der Waals surface area contributed by atoms with Crippen LogP contribution in [-0.4, -0.2) is 88.3 Å². The third-order valence-corrected chi connectivity index (χ3v) is 12.6. The molecule has 262 valence electrons. The van der Waals surface area contributed by atoms with E-state index in [1.807, 2.05) is 0 Å². The molecule has 4 aliphatic rings. The van der Waals surface area contributed by atoms with Gasteiger partial charge in [-0.3, -0.25) is 9.69 Å². The zero-order valence-corrected chi connectivity index (χ0v) is 29.3. The molecule has 0 saturated carbocycles. The van der Waals surface area contributed by atoms with Crippen LogP contribution in [0.3, 0.4) is 0 Å². The molecule has 1 amide bonds. The number of nitrogens with zero attached hydrogens (tertiary/aromatic N) is 6. The van der Waals surface area contributed by atoms with Crippen LogP contribution in [-0.2, 0) is 4.79 Å². The van der Waals surface area contributed by atoms with E-state index in [4.69, 9.17) is 27.1 Å². The normalized spacial score (nSPS) is 20.6. The van der Waals surface area contributed by atoms with E-state index >= 15 is 4.39 Å². The average molecular weight is 722 g/mol. The van der Waals surface area contributed by atoms with Crippen molar-refractivity contribution in [3.8, 4) is 23.2 Å². The molecule has 4 saturated heterocycles. The number of aromatic nitrogens is 2. The molecular formula is C36H38ClF2N7O3S. The number of aliphatic hydroxyl groups excluding tert-OH is 1. The van der Waals surface area contributed by atoms with Crippen molar-refractivity contribution in [1.82, 2.24) is 19.8 Å². The molecule has 4 aromatic rings. The molecule has 6 heterocycles. The SMILES string of the molecule is CC(O)C(=O)N1CC2(CCCCN(c3nc(OCC45CCCN4CCC5)nc4c(F)c(-c5ccc(F)c6sc(N)c(C#N)c56)c(Cl)cc34)C2)C1. The first-order chi connectivity index (χ1) is 24.0. The molecule has 2 aromatic heterocycles. The van der Waals surface area contributed by atoms with Gasteiger partial charge in [0.25, 0.3) is 5.91 Å². The number of rotatable bonds is 6. The van der Waals surface area contributed by atoms with Crippen LogP contribution in [0.25, 0.3) is 32.1 Å². The molecule has 1 unspecified atom stereocenters. The molecular weight excluding hydrogens is 684 g/mol. The molecule has 0 radical (unpaired) electrons. The Morgan fingerprint density at radius 2 is 1.90 bits per heavy atom. The second-order valence-corrected chi connectivity index (χ2v) is 15.9. The van der Waals surface area contributed by atoms with E-state index in [9.17, 15) is 19.6 Å². The monoisotopic (exact) mass is 721 g/mol. The smallest absolute Gasteiger partial charge is 0.319 e. The number of benzene rings is 2. The van der Waals surface area contributed by atoms with Crippen LogP contribution in [0.15, 0.2) is 18.2 Å². The highest BCUT2D eigenvalue weighted by Gasteiger charge is 2.48. The average Bonchev–Trinajstić information content (AvgIpc) is 3.70. The summed E-state index contributed by atoms with van der Waals surface area (Å²) in [5, 5.41) is 20.6. The van der Waals surface area contributed by atoms with Gasteiger partial charge in [-0.25, -0.2) is 8.78 Å². The van der Waals surface area contributed by atoms with Gasteiger partial charge in [0.1, 0.15) is 40.9 Å². The summed E-state index contributed by atoms with van der Waals surface area (Å²) < 4.78 is 38.7. The summed E-state index contributed by atoms with van der Waals surface area (Å²) in [6.07, 6.45) is 5.88. The number of nitriles is 1. The number of nitrogens with two attached hydrogens (primary N) is 1. The topological polar surface area (TPSA) is 132 Å². The second kappa shape index (κ2) is 12.4. The predicted molar refractivity (Wildman–Crippen MR) is 189 cm³/mol. The lowest BCUT2D eigenvalue weighted by atomic mass is 9.75. The quantitative estimate of drug-likeness (QED) is 0.242. The fourth-order valence-electron chi connectivity index (χ4n) is 8.87. The van der Waals surface area contributed by atoms with Crippen molar-refractivity contribution in [1.29, 1.82) is 5.26 Å². The maximum absolute atomic E-state index is 17.2. The predicted octanol–water partition coefficient (Wildman–Crippen LogP) is 6.10. The van der Waals surface area contributed by atoms with E-state index < -0.39 is 17.7 Å². The highest BCUT2D eigenvalue weighted by molar-refractivity contribution is 7.23. The summed E-state index contributed by atoms with van der Waals surface area (Å²) in [6.45, 7) is 6.17. The Labute approximate surface area is 297 Å².